The number of thioether (sulfide) groups is 1. The number of rotatable bonds is 6. The number of carbonyl (C=O) groups is 1. The maximum Gasteiger partial charge on any atom is 0.262 e. The van der Waals surface area contributed by atoms with E-state index in [0.717, 1.165) is 5.69 Å². The van der Waals surface area contributed by atoms with E-state index in [1.807, 2.05) is 30.3 Å². The summed E-state index contributed by atoms with van der Waals surface area (Å²) in [6.07, 6.45) is 1.62. The molecule has 0 aliphatic heterocycles. The maximum absolute atomic E-state index is 12.8. The first kappa shape index (κ1) is 19.2. The quantitative estimate of drug-likeness (QED) is 0.380. The summed E-state index contributed by atoms with van der Waals surface area (Å²) in [6.45, 7) is 5.78. The molecule has 0 bridgehead atoms. The number of anilines is 1. The first-order chi connectivity index (χ1) is 13.0. The number of carbonyl (C=O) groups excluding carboxylic acids is 1. The second kappa shape index (κ2) is 8.41. The molecule has 0 saturated heterocycles. The van der Waals surface area contributed by atoms with E-state index >= 15 is 0 Å². The number of nitrogens with one attached hydrogen (secondary N) is 1. The summed E-state index contributed by atoms with van der Waals surface area (Å²) in [6, 6.07) is 14.2. The van der Waals surface area contributed by atoms with Crippen molar-refractivity contribution in [2.45, 2.75) is 23.9 Å². The van der Waals surface area contributed by atoms with E-state index in [2.05, 4.69) is 16.9 Å². The van der Waals surface area contributed by atoms with Crippen molar-refractivity contribution >= 4 is 45.9 Å². The number of hydrogen-bond donors (Lipinski definition) is 1. The molecular formula is C20H18ClN3O2S. The van der Waals surface area contributed by atoms with Crippen molar-refractivity contribution in [2.24, 2.45) is 0 Å². The van der Waals surface area contributed by atoms with Gasteiger partial charge < -0.3 is 5.32 Å². The Kier molecular flexibility index (Phi) is 5.98. The van der Waals surface area contributed by atoms with Crippen LogP contribution in [0.4, 0.5) is 5.69 Å². The lowest BCUT2D eigenvalue weighted by molar-refractivity contribution is -0.115. The second-order valence-electron chi connectivity index (χ2n) is 5.88. The smallest absolute Gasteiger partial charge is 0.262 e. The van der Waals surface area contributed by atoms with Crippen LogP contribution >= 0.6 is 23.4 Å². The molecule has 1 aromatic heterocycles. The van der Waals surface area contributed by atoms with Gasteiger partial charge in [0, 0.05) is 17.3 Å². The first-order valence-corrected chi connectivity index (χ1v) is 9.59. The minimum absolute atomic E-state index is 0.165. The molecule has 0 unspecified atom stereocenters. The van der Waals surface area contributed by atoms with Crippen molar-refractivity contribution in [3.05, 3.63) is 76.6 Å². The Morgan fingerprint density at radius 3 is 2.78 bits per heavy atom. The molecule has 0 aliphatic carbocycles. The number of nitrogens with zero attached hydrogens (tertiary/aromatic N) is 2. The number of aromatic nitrogens is 2. The highest BCUT2D eigenvalue weighted by atomic mass is 35.5. The molecule has 7 heteroatoms. The standard InChI is InChI=1S/C20H18ClN3O2S/c1-3-11-24-19(26)16-12-14(21)9-10-17(16)23-20(24)27-13(2)18(25)22-15-7-5-4-6-8-15/h3-10,12-13H,1,11H2,2H3,(H,22,25)/t13-/m0/s1. The third-order valence-electron chi connectivity index (χ3n) is 3.89. The topological polar surface area (TPSA) is 64.0 Å². The fraction of sp³-hybridized carbons (Fsp3) is 0.150. The van der Waals surface area contributed by atoms with Crippen molar-refractivity contribution in [3.63, 3.8) is 0 Å². The highest BCUT2D eigenvalue weighted by Gasteiger charge is 2.19. The Balaban J connectivity index is 1.92. The Morgan fingerprint density at radius 1 is 1.33 bits per heavy atom. The van der Waals surface area contributed by atoms with Crippen molar-refractivity contribution in [2.75, 3.05) is 5.32 Å². The highest BCUT2D eigenvalue weighted by molar-refractivity contribution is 8.00. The van der Waals surface area contributed by atoms with Gasteiger partial charge in [0.15, 0.2) is 5.16 Å². The number of allylic oxidation sites excluding steroid dienone is 1. The maximum atomic E-state index is 12.8. The molecule has 0 fully saturated rings. The molecular weight excluding hydrogens is 382 g/mol. The van der Waals surface area contributed by atoms with E-state index in [9.17, 15) is 9.59 Å². The molecule has 0 saturated carbocycles. The lowest BCUT2D eigenvalue weighted by atomic mass is 10.2. The minimum Gasteiger partial charge on any atom is -0.325 e. The zero-order valence-electron chi connectivity index (χ0n) is 14.7. The van der Waals surface area contributed by atoms with Gasteiger partial charge in [0.25, 0.3) is 5.56 Å². The first-order valence-electron chi connectivity index (χ1n) is 8.33. The molecule has 1 atom stereocenters. The zero-order chi connectivity index (χ0) is 19.4. The van der Waals surface area contributed by atoms with Crippen LogP contribution in [0.25, 0.3) is 10.9 Å². The SMILES string of the molecule is C=CCn1c(S[C@@H](C)C(=O)Nc2ccccc2)nc2ccc(Cl)cc2c1=O. The Labute approximate surface area is 166 Å². The van der Waals surface area contributed by atoms with E-state index in [1.54, 1.807) is 31.2 Å². The third kappa shape index (κ3) is 4.40. The normalized spacial score (nSPS) is 11.9. The molecule has 3 rings (SSSR count). The van der Waals surface area contributed by atoms with E-state index in [-0.39, 0.29) is 11.5 Å². The lowest BCUT2D eigenvalue weighted by Crippen LogP contribution is -2.26. The van der Waals surface area contributed by atoms with Crippen LogP contribution in [-0.2, 0) is 11.3 Å². The summed E-state index contributed by atoms with van der Waals surface area (Å²) in [5, 5.41) is 3.79. The summed E-state index contributed by atoms with van der Waals surface area (Å²) >= 11 is 7.24. The third-order valence-corrected chi connectivity index (χ3v) is 5.21. The fourth-order valence-corrected chi connectivity index (χ4v) is 3.62. The van der Waals surface area contributed by atoms with E-state index < -0.39 is 5.25 Å². The predicted octanol–water partition coefficient (Wildman–Crippen LogP) is 4.36. The van der Waals surface area contributed by atoms with Gasteiger partial charge in [-0.2, -0.15) is 0 Å². The molecule has 2 aromatic carbocycles. The van der Waals surface area contributed by atoms with Crippen molar-refractivity contribution in [1.82, 2.24) is 9.55 Å². The number of halogens is 1. The predicted molar refractivity (Wildman–Crippen MR) is 112 cm³/mol. The van der Waals surface area contributed by atoms with Crippen LogP contribution in [0.5, 0.6) is 0 Å². The monoisotopic (exact) mass is 399 g/mol. The summed E-state index contributed by atoms with van der Waals surface area (Å²) < 4.78 is 1.50. The van der Waals surface area contributed by atoms with Gasteiger partial charge >= 0.3 is 0 Å². The van der Waals surface area contributed by atoms with Gasteiger partial charge in [0.1, 0.15) is 0 Å². The minimum atomic E-state index is -0.446. The average molecular weight is 400 g/mol. The summed E-state index contributed by atoms with van der Waals surface area (Å²) in [5.74, 6) is -0.165. The van der Waals surface area contributed by atoms with Crippen LogP contribution in [0.2, 0.25) is 5.02 Å². The molecule has 0 radical (unpaired) electrons. The van der Waals surface area contributed by atoms with Gasteiger partial charge in [-0.1, -0.05) is 47.6 Å². The van der Waals surface area contributed by atoms with Gasteiger partial charge in [-0.15, -0.1) is 6.58 Å². The van der Waals surface area contributed by atoms with E-state index in [4.69, 9.17) is 11.6 Å². The van der Waals surface area contributed by atoms with Gasteiger partial charge in [-0.3, -0.25) is 14.2 Å². The van der Waals surface area contributed by atoms with Gasteiger partial charge in [-0.05, 0) is 37.3 Å². The van der Waals surface area contributed by atoms with Crippen molar-refractivity contribution < 1.29 is 4.79 Å². The molecule has 5 nitrogen and oxygen atoms in total. The van der Waals surface area contributed by atoms with Gasteiger partial charge in [0.05, 0.1) is 16.2 Å². The zero-order valence-corrected chi connectivity index (χ0v) is 16.3. The van der Waals surface area contributed by atoms with Crippen LogP contribution in [-0.4, -0.2) is 20.7 Å². The number of benzene rings is 2. The summed E-state index contributed by atoms with van der Waals surface area (Å²) in [5.41, 5.74) is 1.06. The Morgan fingerprint density at radius 2 is 2.07 bits per heavy atom. The number of amides is 1. The Hall–Kier alpha value is -2.57. The lowest BCUT2D eigenvalue weighted by Gasteiger charge is -2.15. The van der Waals surface area contributed by atoms with E-state index in [1.165, 1.54) is 16.3 Å². The van der Waals surface area contributed by atoms with E-state index in [0.29, 0.717) is 27.6 Å². The largest absolute Gasteiger partial charge is 0.325 e. The number of para-hydroxylation sites is 1. The second-order valence-corrected chi connectivity index (χ2v) is 7.62. The van der Waals surface area contributed by atoms with Crippen LogP contribution < -0.4 is 10.9 Å². The fourth-order valence-electron chi connectivity index (χ4n) is 2.53. The molecule has 0 spiro atoms. The van der Waals surface area contributed by atoms with Crippen LogP contribution in [0.15, 0.2) is 71.1 Å². The molecule has 27 heavy (non-hydrogen) atoms. The van der Waals surface area contributed by atoms with Crippen LogP contribution in [0.1, 0.15) is 6.92 Å². The van der Waals surface area contributed by atoms with Gasteiger partial charge in [-0.25, -0.2) is 4.98 Å². The van der Waals surface area contributed by atoms with Gasteiger partial charge in [0.2, 0.25) is 5.91 Å². The Bertz CT molecular complexity index is 1050. The molecule has 1 amide bonds. The van der Waals surface area contributed by atoms with Crippen LogP contribution in [0.3, 0.4) is 0 Å². The summed E-state index contributed by atoms with van der Waals surface area (Å²) in [4.78, 5) is 29.9. The number of hydrogen-bond acceptors (Lipinski definition) is 4. The molecule has 1 N–H and O–H groups in total. The molecule has 3 aromatic rings. The highest BCUT2D eigenvalue weighted by Crippen LogP contribution is 2.24. The number of fused-ring (bicyclic) bond motifs is 1. The summed E-state index contributed by atoms with van der Waals surface area (Å²) in [7, 11) is 0. The van der Waals surface area contributed by atoms with Crippen molar-refractivity contribution in [3.8, 4) is 0 Å². The molecule has 138 valence electrons. The molecule has 1 heterocycles. The molecule has 0 aliphatic rings. The van der Waals surface area contributed by atoms with Crippen LogP contribution in [0, 0.1) is 0 Å². The van der Waals surface area contributed by atoms with Crippen molar-refractivity contribution in [1.29, 1.82) is 0 Å². The average Bonchev–Trinajstić information content (AvgIpc) is 2.66.